The number of ether oxygens (including phenoxy) is 2. The van der Waals surface area contributed by atoms with Crippen LogP contribution in [0.3, 0.4) is 0 Å². The third kappa shape index (κ3) is 5.46. The maximum absolute atomic E-state index is 13.3. The summed E-state index contributed by atoms with van der Waals surface area (Å²) in [5, 5.41) is 2.64. The fourth-order valence-corrected chi connectivity index (χ4v) is 5.49. The number of aryl methyl sites for hydroxylation is 1. The zero-order chi connectivity index (χ0) is 23.3. The maximum Gasteiger partial charge on any atom is 0.338 e. The Morgan fingerprint density at radius 3 is 2.50 bits per heavy atom. The Labute approximate surface area is 188 Å². The van der Waals surface area contributed by atoms with Crippen LogP contribution in [0.1, 0.15) is 42.1 Å². The summed E-state index contributed by atoms with van der Waals surface area (Å²) in [6.45, 7) is 3.72. The molecule has 1 N–H and O–H groups in total. The van der Waals surface area contributed by atoms with Gasteiger partial charge in [0.15, 0.2) is 6.61 Å². The monoisotopic (exact) mass is 460 g/mol. The number of carbonyl (C=O) groups excluding carboxylic acids is 2. The highest BCUT2D eigenvalue weighted by Crippen LogP contribution is 2.31. The molecule has 9 heteroatoms. The largest absolute Gasteiger partial charge is 0.495 e. The normalized spacial score (nSPS) is 16.9. The molecule has 3 rings (SSSR count). The lowest BCUT2D eigenvalue weighted by atomic mass is 10.1. The van der Waals surface area contributed by atoms with Gasteiger partial charge in [-0.3, -0.25) is 4.79 Å². The van der Waals surface area contributed by atoms with E-state index >= 15 is 0 Å². The fourth-order valence-electron chi connectivity index (χ4n) is 3.61. The number of rotatable bonds is 7. The standard InChI is InChI=1S/C23H28N2O6S/c1-16-7-10-19(11-8-16)24-22(26)15-31-23(27)18-9-12-20(30-3)21(14-18)32(28,29)25-13-5-4-6-17(25)2/h7-12,14,17H,4-6,13,15H2,1-3H3,(H,24,26)/t17-/m1/s1. The Morgan fingerprint density at radius 1 is 1.12 bits per heavy atom. The van der Waals surface area contributed by atoms with Gasteiger partial charge in [0.1, 0.15) is 10.6 Å². The zero-order valence-corrected chi connectivity index (χ0v) is 19.3. The highest BCUT2D eigenvalue weighted by molar-refractivity contribution is 7.89. The van der Waals surface area contributed by atoms with E-state index in [9.17, 15) is 18.0 Å². The summed E-state index contributed by atoms with van der Waals surface area (Å²) in [5.41, 5.74) is 1.67. The van der Waals surface area contributed by atoms with Crippen molar-refractivity contribution in [3.63, 3.8) is 0 Å². The topological polar surface area (TPSA) is 102 Å². The molecule has 8 nitrogen and oxygen atoms in total. The third-order valence-corrected chi connectivity index (χ3v) is 7.43. The molecule has 1 atom stereocenters. The smallest absolute Gasteiger partial charge is 0.338 e. The number of nitrogens with zero attached hydrogens (tertiary/aromatic N) is 1. The molecule has 0 radical (unpaired) electrons. The second kappa shape index (κ2) is 10.1. The van der Waals surface area contributed by atoms with Crippen molar-refractivity contribution >= 4 is 27.6 Å². The van der Waals surface area contributed by atoms with E-state index in [-0.39, 0.29) is 22.3 Å². The molecule has 1 heterocycles. The number of benzene rings is 2. The van der Waals surface area contributed by atoms with Gasteiger partial charge in [-0.15, -0.1) is 0 Å². The van der Waals surface area contributed by atoms with Crippen LogP contribution in [0, 0.1) is 6.92 Å². The molecule has 0 bridgehead atoms. The summed E-state index contributed by atoms with van der Waals surface area (Å²) < 4.78 is 38.3. The van der Waals surface area contributed by atoms with Crippen molar-refractivity contribution in [2.45, 2.75) is 44.0 Å². The van der Waals surface area contributed by atoms with Gasteiger partial charge in [0.2, 0.25) is 10.0 Å². The zero-order valence-electron chi connectivity index (χ0n) is 18.5. The van der Waals surface area contributed by atoms with Crippen LogP contribution in [0.15, 0.2) is 47.4 Å². The van der Waals surface area contributed by atoms with E-state index in [1.165, 1.54) is 29.6 Å². The molecule has 1 saturated heterocycles. The van der Waals surface area contributed by atoms with Crippen molar-refractivity contribution in [2.75, 3.05) is 25.6 Å². The SMILES string of the molecule is COc1ccc(C(=O)OCC(=O)Nc2ccc(C)cc2)cc1S(=O)(=O)N1CCCC[C@H]1C. The molecule has 1 amide bonds. The second-order valence-corrected chi connectivity index (χ2v) is 9.68. The third-order valence-electron chi connectivity index (χ3n) is 5.40. The highest BCUT2D eigenvalue weighted by atomic mass is 32.2. The first kappa shape index (κ1) is 23.7. The summed E-state index contributed by atoms with van der Waals surface area (Å²) in [4.78, 5) is 24.5. The number of piperidine rings is 1. The average Bonchev–Trinajstić information content (AvgIpc) is 2.78. The van der Waals surface area contributed by atoms with Gasteiger partial charge < -0.3 is 14.8 Å². The minimum absolute atomic E-state index is 0.0252. The number of nitrogens with one attached hydrogen (secondary N) is 1. The number of hydrogen-bond donors (Lipinski definition) is 1. The summed E-state index contributed by atoms with van der Waals surface area (Å²) in [5.74, 6) is -1.14. The van der Waals surface area contributed by atoms with Crippen LogP contribution in [0.5, 0.6) is 5.75 Å². The summed E-state index contributed by atoms with van der Waals surface area (Å²) in [6.07, 6.45) is 2.53. The fraction of sp³-hybridized carbons (Fsp3) is 0.391. The van der Waals surface area contributed by atoms with E-state index in [4.69, 9.17) is 9.47 Å². The molecule has 0 saturated carbocycles. The molecular formula is C23H28N2O6S. The van der Waals surface area contributed by atoms with Crippen molar-refractivity contribution in [3.8, 4) is 5.75 Å². The molecule has 2 aromatic rings. The van der Waals surface area contributed by atoms with Gasteiger partial charge in [-0.25, -0.2) is 13.2 Å². The molecule has 32 heavy (non-hydrogen) atoms. The molecular weight excluding hydrogens is 432 g/mol. The number of carbonyl (C=O) groups is 2. The van der Waals surface area contributed by atoms with Crippen LogP contribution < -0.4 is 10.1 Å². The Bertz CT molecular complexity index is 1080. The van der Waals surface area contributed by atoms with Gasteiger partial charge in [-0.2, -0.15) is 4.31 Å². The van der Waals surface area contributed by atoms with E-state index in [1.807, 2.05) is 26.0 Å². The highest BCUT2D eigenvalue weighted by Gasteiger charge is 2.33. The second-order valence-electron chi connectivity index (χ2n) is 7.82. The van der Waals surface area contributed by atoms with E-state index < -0.39 is 28.5 Å². The first-order chi connectivity index (χ1) is 15.2. The molecule has 0 spiro atoms. The molecule has 172 valence electrons. The van der Waals surface area contributed by atoms with Crippen LogP contribution in [0.4, 0.5) is 5.69 Å². The van der Waals surface area contributed by atoms with Gasteiger partial charge in [0.25, 0.3) is 5.91 Å². The van der Waals surface area contributed by atoms with Crippen molar-refractivity contribution < 1.29 is 27.5 Å². The van der Waals surface area contributed by atoms with E-state index in [2.05, 4.69) is 5.32 Å². The lowest BCUT2D eigenvalue weighted by molar-refractivity contribution is -0.119. The Hall–Kier alpha value is -2.91. The number of amides is 1. The summed E-state index contributed by atoms with van der Waals surface area (Å²) >= 11 is 0. The van der Waals surface area contributed by atoms with E-state index in [1.54, 1.807) is 12.1 Å². The van der Waals surface area contributed by atoms with Crippen LogP contribution in [0.25, 0.3) is 0 Å². The van der Waals surface area contributed by atoms with E-state index in [0.29, 0.717) is 12.2 Å². The predicted octanol–water partition coefficient (Wildman–Crippen LogP) is 3.36. The maximum atomic E-state index is 13.3. The van der Waals surface area contributed by atoms with Crippen molar-refractivity contribution in [1.82, 2.24) is 4.31 Å². The predicted molar refractivity (Wildman–Crippen MR) is 120 cm³/mol. The van der Waals surface area contributed by atoms with Gasteiger partial charge in [0.05, 0.1) is 12.7 Å². The minimum atomic E-state index is -3.86. The summed E-state index contributed by atoms with van der Waals surface area (Å²) in [6, 6.07) is 11.1. The molecule has 0 unspecified atom stereocenters. The molecule has 0 aromatic heterocycles. The molecule has 1 fully saturated rings. The van der Waals surface area contributed by atoms with E-state index in [0.717, 1.165) is 24.8 Å². The van der Waals surface area contributed by atoms with Crippen molar-refractivity contribution in [3.05, 3.63) is 53.6 Å². The molecule has 0 aliphatic carbocycles. The van der Waals surface area contributed by atoms with Crippen LogP contribution in [0.2, 0.25) is 0 Å². The van der Waals surface area contributed by atoms with Gasteiger partial charge in [0, 0.05) is 18.3 Å². The lowest BCUT2D eigenvalue weighted by Gasteiger charge is -2.32. The molecule has 1 aliphatic rings. The number of methoxy groups -OCH3 is 1. The quantitative estimate of drug-likeness (QED) is 0.636. The average molecular weight is 461 g/mol. The number of hydrogen-bond acceptors (Lipinski definition) is 6. The van der Waals surface area contributed by atoms with Crippen LogP contribution in [-0.2, 0) is 19.6 Å². The first-order valence-corrected chi connectivity index (χ1v) is 11.9. The summed E-state index contributed by atoms with van der Waals surface area (Å²) in [7, 11) is -2.49. The number of sulfonamides is 1. The Morgan fingerprint density at radius 2 is 1.84 bits per heavy atom. The van der Waals surface area contributed by atoms with Crippen LogP contribution >= 0.6 is 0 Å². The minimum Gasteiger partial charge on any atom is -0.495 e. The molecule has 2 aromatic carbocycles. The number of esters is 1. The van der Waals surface area contributed by atoms with Crippen LogP contribution in [-0.4, -0.2) is 50.9 Å². The van der Waals surface area contributed by atoms with Crippen molar-refractivity contribution in [1.29, 1.82) is 0 Å². The van der Waals surface area contributed by atoms with Gasteiger partial charge in [-0.05, 0) is 57.0 Å². The van der Waals surface area contributed by atoms with Crippen molar-refractivity contribution in [2.24, 2.45) is 0 Å². The van der Waals surface area contributed by atoms with Gasteiger partial charge >= 0.3 is 5.97 Å². The Balaban J connectivity index is 1.73. The lowest BCUT2D eigenvalue weighted by Crippen LogP contribution is -2.42. The van der Waals surface area contributed by atoms with Gasteiger partial charge in [-0.1, -0.05) is 24.1 Å². The number of anilines is 1. The molecule has 1 aliphatic heterocycles. The Kier molecular flexibility index (Phi) is 7.52. The first-order valence-electron chi connectivity index (χ1n) is 10.5.